The van der Waals surface area contributed by atoms with E-state index in [-0.39, 0.29) is 5.91 Å². The van der Waals surface area contributed by atoms with E-state index in [1.54, 1.807) is 6.07 Å². The lowest BCUT2D eigenvalue weighted by atomic mass is 10.0. The third-order valence-electron chi connectivity index (χ3n) is 3.46. The summed E-state index contributed by atoms with van der Waals surface area (Å²) in [5.41, 5.74) is 2.65. The van der Waals surface area contributed by atoms with Gasteiger partial charge in [-0.3, -0.25) is 4.79 Å². The molecular weight excluding hydrogens is 264 g/mol. The van der Waals surface area contributed by atoms with Gasteiger partial charge in [0, 0.05) is 5.02 Å². The monoisotopic (exact) mass is 278 g/mol. The number of aryl methyl sites for hydroxylation is 1. The van der Waals surface area contributed by atoms with Crippen molar-refractivity contribution in [2.45, 2.75) is 19.8 Å². The number of amides is 1. The zero-order chi connectivity index (χ0) is 13.4. The minimum Gasteiger partial charge on any atom is -0.449 e. The second kappa shape index (κ2) is 4.87. The molecule has 0 aliphatic carbocycles. The molecule has 1 aromatic carbocycles. The molecule has 19 heavy (non-hydrogen) atoms. The highest BCUT2D eigenvalue weighted by molar-refractivity contribution is 6.31. The lowest BCUT2D eigenvalue weighted by molar-refractivity contribution is -0.115. The fourth-order valence-electron chi connectivity index (χ4n) is 2.36. The van der Waals surface area contributed by atoms with Gasteiger partial charge in [-0.1, -0.05) is 11.6 Å². The number of carbonyl (C=O) groups is 1. The van der Waals surface area contributed by atoms with E-state index in [9.17, 15) is 4.79 Å². The lowest BCUT2D eigenvalue weighted by Gasteiger charge is -2.25. The number of ether oxygens (including phenoxy) is 1. The molecule has 3 rings (SSSR count). The van der Waals surface area contributed by atoms with Crippen LogP contribution in [0.5, 0.6) is 5.75 Å². The zero-order valence-corrected chi connectivity index (χ0v) is 11.4. The van der Waals surface area contributed by atoms with Crippen LogP contribution in [0.15, 0.2) is 23.5 Å². The second-order valence-corrected chi connectivity index (χ2v) is 5.24. The van der Waals surface area contributed by atoms with Crippen molar-refractivity contribution >= 4 is 23.2 Å². The van der Waals surface area contributed by atoms with Crippen molar-refractivity contribution in [3.63, 3.8) is 0 Å². The van der Waals surface area contributed by atoms with Crippen molar-refractivity contribution < 1.29 is 9.53 Å². The van der Waals surface area contributed by atoms with E-state index < -0.39 is 0 Å². The predicted molar refractivity (Wildman–Crippen MR) is 74.6 cm³/mol. The maximum absolute atomic E-state index is 12.1. The van der Waals surface area contributed by atoms with E-state index in [4.69, 9.17) is 16.3 Å². The molecule has 1 saturated heterocycles. The Kier molecular flexibility index (Phi) is 3.21. The first-order chi connectivity index (χ1) is 9.15. The maximum Gasteiger partial charge on any atom is 0.291 e. The number of piperidine rings is 1. The number of hydrogen-bond donors (Lipinski definition) is 2. The Morgan fingerprint density at radius 2 is 2.00 bits per heavy atom. The first-order valence-corrected chi connectivity index (χ1v) is 6.75. The summed E-state index contributed by atoms with van der Waals surface area (Å²) in [6.07, 6.45) is 1.70. The van der Waals surface area contributed by atoms with Gasteiger partial charge >= 0.3 is 0 Å². The molecule has 1 aromatic rings. The fraction of sp³-hybridized carbons (Fsp3) is 0.357. The van der Waals surface area contributed by atoms with Gasteiger partial charge in [-0.05, 0) is 56.1 Å². The molecule has 0 aromatic heterocycles. The van der Waals surface area contributed by atoms with E-state index in [2.05, 4.69) is 10.6 Å². The Labute approximate surface area is 116 Å². The van der Waals surface area contributed by atoms with E-state index in [0.29, 0.717) is 22.2 Å². The number of halogens is 1. The van der Waals surface area contributed by atoms with Gasteiger partial charge in [0.1, 0.15) is 0 Å². The number of benzene rings is 1. The number of nitrogens with one attached hydrogen (secondary N) is 2. The fourth-order valence-corrected chi connectivity index (χ4v) is 2.52. The van der Waals surface area contributed by atoms with Gasteiger partial charge in [-0.25, -0.2) is 0 Å². The molecular formula is C14H15ClN2O2. The van der Waals surface area contributed by atoms with Crippen molar-refractivity contribution in [3.8, 4) is 5.75 Å². The van der Waals surface area contributed by atoms with Crippen LogP contribution in [0.1, 0.15) is 18.4 Å². The summed E-state index contributed by atoms with van der Waals surface area (Å²) in [4.78, 5) is 12.1. The van der Waals surface area contributed by atoms with Gasteiger partial charge < -0.3 is 15.4 Å². The zero-order valence-electron chi connectivity index (χ0n) is 10.7. The highest BCUT2D eigenvalue weighted by Gasteiger charge is 2.26. The first kappa shape index (κ1) is 12.5. The summed E-state index contributed by atoms with van der Waals surface area (Å²) in [5, 5.41) is 6.74. The topological polar surface area (TPSA) is 50.4 Å². The van der Waals surface area contributed by atoms with Crippen molar-refractivity contribution in [1.82, 2.24) is 5.32 Å². The third kappa shape index (κ3) is 2.33. The van der Waals surface area contributed by atoms with Crippen LogP contribution in [0.3, 0.4) is 0 Å². The largest absolute Gasteiger partial charge is 0.449 e. The van der Waals surface area contributed by atoms with Crippen LogP contribution >= 0.6 is 11.6 Å². The summed E-state index contributed by atoms with van der Waals surface area (Å²) in [7, 11) is 0. The Balaban J connectivity index is 1.99. The molecule has 1 amide bonds. The molecule has 2 N–H and O–H groups in total. The second-order valence-electron chi connectivity index (χ2n) is 4.84. The summed E-state index contributed by atoms with van der Waals surface area (Å²) >= 11 is 6.05. The van der Waals surface area contributed by atoms with Crippen LogP contribution in [0, 0.1) is 6.92 Å². The number of carbonyl (C=O) groups excluding carboxylic acids is 1. The highest BCUT2D eigenvalue weighted by atomic mass is 35.5. The Morgan fingerprint density at radius 3 is 2.74 bits per heavy atom. The van der Waals surface area contributed by atoms with E-state index in [0.717, 1.165) is 37.1 Å². The number of rotatable bonds is 0. The molecule has 0 unspecified atom stereocenters. The van der Waals surface area contributed by atoms with Crippen LogP contribution < -0.4 is 15.4 Å². The van der Waals surface area contributed by atoms with Crippen molar-refractivity contribution in [2.75, 3.05) is 18.4 Å². The van der Waals surface area contributed by atoms with Gasteiger partial charge in [0.2, 0.25) is 0 Å². The average Bonchev–Trinajstić information content (AvgIpc) is 2.41. The lowest BCUT2D eigenvalue weighted by Crippen LogP contribution is -2.30. The van der Waals surface area contributed by atoms with Crippen molar-refractivity contribution in [3.05, 3.63) is 34.1 Å². The molecule has 100 valence electrons. The number of hydrogen-bond acceptors (Lipinski definition) is 3. The normalized spacial score (nSPS) is 18.7. The molecule has 5 heteroatoms. The Morgan fingerprint density at radius 1 is 1.26 bits per heavy atom. The maximum atomic E-state index is 12.1. The third-order valence-corrected chi connectivity index (χ3v) is 3.86. The Hall–Kier alpha value is -1.52. The van der Waals surface area contributed by atoms with E-state index in [1.807, 2.05) is 13.0 Å². The van der Waals surface area contributed by atoms with Crippen LogP contribution in [0.4, 0.5) is 5.69 Å². The molecule has 0 atom stereocenters. The quantitative estimate of drug-likeness (QED) is 0.717. The summed E-state index contributed by atoms with van der Waals surface area (Å²) in [6.45, 7) is 3.70. The van der Waals surface area contributed by atoms with Gasteiger partial charge in [0.25, 0.3) is 5.91 Å². The average molecular weight is 279 g/mol. The van der Waals surface area contributed by atoms with Gasteiger partial charge in [0.05, 0.1) is 5.69 Å². The van der Waals surface area contributed by atoms with E-state index in [1.165, 1.54) is 0 Å². The van der Waals surface area contributed by atoms with Crippen molar-refractivity contribution in [1.29, 1.82) is 0 Å². The SMILES string of the molecule is Cc1cc2c(cc1Cl)NC(=O)C(=C1CCNCC1)O2. The van der Waals surface area contributed by atoms with Gasteiger partial charge in [-0.15, -0.1) is 0 Å². The van der Waals surface area contributed by atoms with Gasteiger partial charge in [-0.2, -0.15) is 0 Å². The molecule has 0 bridgehead atoms. The molecule has 4 nitrogen and oxygen atoms in total. The molecule has 0 radical (unpaired) electrons. The first-order valence-electron chi connectivity index (χ1n) is 6.37. The highest BCUT2D eigenvalue weighted by Crippen LogP contribution is 2.36. The van der Waals surface area contributed by atoms with Crippen molar-refractivity contribution in [2.24, 2.45) is 0 Å². The molecule has 2 aliphatic heterocycles. The minimum absolute atomic E-state index is 0.177. The van der Waals surface area contributed by atoms with Crippen LogP contribution in [-0.2, 0) is 4.79 Å². The summed E-state index contributed by atoms with van der Waals surface area (Å²) < 4.78 is 5.80. The molecule has 0 saturated carbocycles. The molecule has 2 heterocycles. The van der Waals surface area contributed by atoms with E-state index >= 15 is 0 Å². The molecule has 2 aliphatic rings. The van der Waals surface area contributed by atoms with Crippen LogP contribution in [-0.4, -0.2) is 19.0 Å². The summed E-state index contributed by atoms with van der Waals surface area (Å²) in [5.74, 6) is 0.947. The predicted octanol–water partition coefficient (Wildman–Crippen LogP) is 2.62. The number of anilines is 1. The Bertz CT molecular complexity index is 573. The minimum atomic E-state index is -0.177. The van der Waals surface area contributed by atoms with Gasteiger partial charge in [0.15, 0.2) is 11.5 Å². The number of fused-ring (bicyclic) bond motifs is 1. The van der Waals surface area contributed by atoms with Crippen LogP contribution in [0.25, 0.3) is 0 Å². The standard InChI is InChI=1S/C14H15ClN2O2/c1-8-6-12-11(7-10(8)15)17-14(18)13(19-12)9-2-4-16-5-3-9/h6-7,16H,2-5H2,1H3,(H,17,18). The summed E-state index contributed by atoms with van der Waals surface area (Å²) in [6, 6.07) is 3.59. The smallest absolute Gasteiger partial charge is 0.291 e. The molecule has 0 spiro atoms. The van der Waals surface area contributed by atoms with Crippen LogP contribution in [0.2, 0.25) is 5.02 Å². The molecule has 1 fully saturated rings.